The Bertz CT molecular complexity index is 660. The Kier molecular flexibility index (Phi) is 4.85. The lowest BCUT2D eigenvalue weighted by Gasteiger charge is -2.33. The molecular formula is C15H16BrFN2O3. The number of nitrogens with zero attached hydrogens (tertiary/aromatic N) is 1. The molecule has 2 amide bonds. The van der Waals surface area contributed by atoms with E-state index in [1.165, 1.54) is 23.1 Å². The van der Waals surface area contributed by atoms with Crippen molar-refractivity contribution in [3.8, 4) is 0 Å². The van der Waals surface area contributed by atoms with Crippen LogP contribution >= 0.6 is 15.9 Å². The number of hydrogen-bond donors (Lipinski definition) is 1. The first-order valence-electron chi connectivity index (χ1n) is 6.73. The third-order valence-corrected chi connectivity index (χ3v) is 4.13. The van der Waals surface area contributed by atoms with Gasteiger partial charge in [0.25, 0.3) is 0 Å². The monoisotopic (exact) mass is 370 g/mol. The van der Waals surface area contributed by atoms with Crippen molar-refractivity contribution in [2.45, 2.75) is 19.9 Å². The molecule has 1 atom stereocenters. The lowest BCUT2D eigenvalue weighted by molar-refractivity contribution is -0.139. The van der Waals surface area contributed by atoms with Crippen molar-refractivity contribution in [2.75, 3.05) is 13.7 Å². The van der Waals surface area contributed by atoms with Gasteiger partial charge in [0.15, 0.2) is 0 Å². The maximum Gasteiger partial charge on any atom is 0.338 e. The number of hydrogen-bond acceptors (Lipinski definition) is 3. The molecule has 1 unspecified atom stereocenters. The molecule has 1 aliphatic rings. The first-order valence-corrected chi connectivity index (χ1v) is 7.53. The van der Waals surface area contributed by atoms with E-state index in [1.54, 1.807) is 20.9 Å². The predicted octanol–water partition coefficient (Wildman–Crippen LogP) is 3.12. The van der Waals surface area contributed by atoms with Crippen LogP contribution in [-0.4, -0.2) is 30.6 Å². The average molecular weight is 371 g/mol. The van der Waals surface area contributed by atoms with Crippen LogP contribution in [0.5, 0.6) is 0 Å². The van der Waals surface area contributed by atoms with Gasteiger partial charge in [-0.05, 0) is 47.5 Å². The first kappa shape index (κ1) is 16.5. The van der Waals surface area contributed by atoms with Crippen molar-refractivity contribution in [3.05, 3.63) is 45.3 Å². The van der Waals surface area contributed by atoms with Crippen molar-refractivity contribution in [1.29, 1.82) is 0 Å². The highest BCUT2D eigenvalue weighted by Gasteiger charge is 2.35. The summed E-state index contributed by atoms with van der Waals surface area (Å²) in [5.74, 6) is -0.918. The summed E-state index contributed by atoms with van der Waals surface area (Å²) in [7, 11) is 1.57. The van der Waals surface area contributed by atoms with Crippen LogP contribution < -0.4 is 5.32 Å². The largest absolute Gasteiger partial charge is 0.463 e. The number of rotatable bonds is 3. The number of esters is 1. The van der Waals surface area contributed by atoms with Crippen LogP contribution in [0.3, 0.4) is 0 Å². The molecular weight excluding hydrogens is 355 g/mol. The van der Waals surface area contributed by atoms with Gasteiger partial charge in [0.1, 0.15) is 5.82 Å². The SMILES string of the molecule is CCOC(=O)C1=C(C)N(C)C(=O)NC1c1ccc(F)c(Br)c1. The minimum Gasteiger partial charge on any atom is -0.463 e. The summed E-state index contributed by atoms with van der Waals surface area (Å²) in [6.07, 6.45) is 0. The predicted molar refractivity (Wildman–Crippen MR) is 82.5 cm³/mol. The maximum absolute atomic E-state index is 13.4. The van der Waals surface area contributed by atoms with Crippen LogP contribution in [0, 0.1) is 5.82 Å². The molecule has 1 aromatic carbocycles. The fourth-order valence-electron chi connectivity index (χ4n) is 2.25. The number of benzene rings is 1. The highest BCUT2D eigenvalue weighted by Crippen LogP contribution is 2.32. The molecule has 1 N–H and O–H groups in total. The topological polar surface area (TPSA) is 58.6 Å². The number of carbonyl (C=O) groups excluding carboxylic acids is 2. The second-order valence-electron chi connectivity index (χ2n) is 4.83. The fraction of sp³-hybridized carbons (Fsp3) is 0.333. The Labute approximate surface area is 136 Å². The van der Waals surface area contributed by atoms with Crippen LogP contribution in [0.4, 0.5) is 9.18 Å². The number of carbonyl (C=O) groups is 2. The van der Waals surface area contributed by atoms with Gasteiger partial charge >= 0.3 is 12.0 Å². The zero-order valence-electron chi connectivity index (χ0n) is 12.4. The minimum absolute atomic E-state index is 0.229. The minimum atomic E-state index is -0.681. The molecule has 1 heterocycles. The average Bonchev–Trinajstić information content (AvgIpc) is 2.47. The molecule has 0 bridgehead atoms. The summed E-state index contributed by atoms with van der Waals surface area (Å²) in [6, 6.07) is 3.33. The zero-order chi connectivity index (χ0) is 16.4. The van der Waals surface area contributed by atoms with Gasteiger partial charge < -0.3 is 15.0 Å². The molecule has 0 spiro atoms. The summed E-state index contributed by atoms with van der Waals surface area (Å²) in [6.45, 7) is 3.62. The van der Waals surface area contributed by atoms with Crippen molar-refractivity contribution in [3.63, 3.8) is 0 Å². The molecule has 7 heteroatoms. The Morgan fingerprint density at radius 2 is 2.18 bits per heavy atom. The summed E-state index contributed by atoms with van der Waals surface area (Å²) in [5.41, 5.74) is 1.44. The summed E-state index contributed by atoms with van der Waals surface area (Å²) >= 11 is 3.11. The van der Waals surface area contributed by atoms with Crippen molar-refractivity contribution in [2.24, 2.45) is 0 Å². The summed E-state index contributed by atoms with van der Waals surface area (Å²) in [5, 5.41) is 2.73. The number of amides is 2. The lowest BCUT2D eigenvalue weighted by Crippen LogP contribution is -2.46. The molecule has 118 valence electrons. The molecule has 0 aromatic heterocycles. The molecule has 0 saturated carbocycles. The molecule has 0 fully saturated rings. The molecule has 1 aliphatic heterocycles. The quantitative estimate of drug-likeness (QED) is 0.831. The smallest absolute Gasteiger partial charge is 0.338 e. The third kappa shape index (κ3) is 2.99. The molecule has 0 aliphatic carbocycles. The van der Waals surface area contributed by atoms with Gasteiger partial charge in [-0.1, -0.05) is 6.07 Å². The van der Waals surface area contributed by atoms with E-state index >= 15 is 0 Å². The number of allylic oxidation sites excluding steroid dienone is 1. The molecule has 2 rings (SSSR count). The van der Waals surface area contributed by atoms with Gasteiger partial charge in [-0.3, -0.25) is 0 Å². The van der Waals surface area contributed by atoms with E-state index in [9.17, 15) is 14.0 Å². The van der Waals surface area contributed by atoms with Crippen LogP contribution in [0.2, 0.25) is 0 Å². The van der Waals surface area contributed by atoms with Crippen LogP contribution in [0.1, 0.15) is 25.5 Å². The van der Waals surface area contributed by atoms with Crippen LogP contribution in [0.25, 0.3) is 0 Å². The molecule has 1 aromatic rings. The van der Waals surface area contributed by atoms with E-state index in [1.807, 2.05) is 0 Å². The highest BCUT2D eigenvalue weighted by atomic mass is 79.9. The molecule has 22 heavy (non-hydrogen) atoms. The number of ether oxygens (including phenoxy) is 1. The Hall–Kier alpha value is -1.89. The Morgan fingerprint density at radius 3 is 2.77 bits per heavy atom. The van der Waals surface area contributed by atoms with E-state index in [0.717, 1.165) is 0 Å². The summed E-state index contributed by atoms with van der Waals surface area (Å²) in [4.78, 5) is 25.6. The molecule has 5 nitrogen and oxygen atoms in total. The van der Waals surface area contributed by atoms with E-state index < -0.39 is 17.8 Å². The number of halogens is 2. The number of nitrogens with one attached hydrogen (secondary N) is 1. The summed E-state index contributed by atoms with van der Waals surface area (Å²) < 4.78 is 18.8. The van der Waals surface area contributed by atoms with Gasteiger partial charge in [-0.25, -0.2) is 14.0 Å². The first-order chi connectivity index (χ1) is 10.4. The lowest BCUT2D eigenvalue weighted by atomic mass is 9.95. The van der Waals surface area contributed by atoms with Crippen molar-refractivity contribution < 1.29 is 18.7 Å². The van der Waals surface area contributed by atoms with E-state index in [0.29, 0.717) is 16.8 Å². The Morgan fingerprint density at radius 1 is 1.50 bits per heavy atom. The van der Waals surface area contributed by atoms with Crippen LogP contribution in [-0.2, 0) is 9.53 Å². The van der Waals surface area contributed by atoms with Crippen molar-refractivity contribution in [1.82, 2.24) is 10.2 Å². The van der Waals surface area contributed by atoms with Gasteiger partial charge in [0.05, 0.1) is 22.7 Å². The van der Waals surface area contributed by atoms with Crippen LogP contribution in [0.15, 0.2) is 33.9 Å². The number of urea groups is 1. The normalized spacial score (nSPS) is 18.3. The highest BCUT2D eigenvalue weighted by molar-refractivity contribution is 9.10. The zero-order valence-corrected chi connectivity index (χ0v) is 14.0. The van der Waals surface area contributed by atoms with E-state index in [-0.39, 0.29) is 17.1 Å². The molecule has 0 radical (unpaired) electrons. The second kappa shape index (κ2) is 6.48. The molecule has 0 saturated heterocycles. The van der Waals surface area contributed by atoms with Gasteiger partial charge in [-0.2, -0.15) is 0 Å². The third-order valence-electron chi connectivity index (χ3n) is 3.53. The fourth-order valence-corrected chi connectivity index (χ4v) is 2.65. The Balaban J connectivity index is 2.53. The standard InChI is InChI=1S/C15H16BrFN2O3/c1-4-22-14(20)12-8(2)19(3)15(21)18-13(12)9-5-6-11(17)10(16)7-9/h5-7,13H,4H2,1-3H3,(H,18,21). The van der Waals surface area contributed by atoms with E-state index in [4.69, 9.17) is 4.74 Å². The van der Waals surface area contributed by atoms with Gasteiger partial charge in [0, 0.05) is 12.7 Å². The van der Waals surface area contributed by atoms with Crippen molar-refractivity contribution >= 4 is 27.9 Å². The van der Waals surface area contributed by atoms with Gasteiger partial charge in [0.2, 0.25) is 0 Å². The van der Waals surface area contributed by atoms with Gasteiger partial charge in [-0.15, -0.1) is 0 Å². The van der Waals surface area contributed by atoms with E-state index in [2.05, 4.69) is 21.2 Å². The second-order valence-corrected chi connectivity index (χ2v) is 5.69. The maximum atomic E-state index is 13.4.